The van der Waals surface area contributed by atoms with Crippen molar-refractivity contribution in [2.24, 2.45) is 5.10 Å². The first kappa shape index (κ1) is 20.1. The van der Waals surface area contributed by atoms with E-state index in [-0.39, 0.29) is 22.6 Å². The number of hydrogen-bond donors (Lipinski definition) is 1. The van der Waals surface area contributed by atoms with E-state index in [2.05, 4.69) is 10.5 Å². The third-order valence-corrected chi connectivity index (χ3v) is 3.56. The molecule has 0 aliphatic carbocycles. The van der Waals surface area contributed by atoms with Crippen molar-refractivity contribution in [3.8, 4) is 17.2 Å². The lowest BCUT2D eigenvalue weighted by atomic mass is 10.1. The maximum Gasteiger partial charge on any atom is 0.417 e. The fourth-order valence-corrected chi connectivity index (χ4v) is 2.30. The molecule has 0 atom stereocenters. The number of carbonyl (C=O) groups excluding carboxylic acids is 1. The van der Waals surface area contributed by atoms with Crippen LogP contribution < -0.4 is 19.6 Å². The van der Waals surface area contributed by atoms with E-state index in [9.17, 15) is 18.0 Å². The molecular weight excluding hydrogens is 365 g/mol. The number of nitrogens with one attached hydrogen (secondary N) is 1. The predicted molar refractivity (Wildman–Crippen MR) is 92.6 cm³/mol. The van der Waals surface area contributed by atoms with Gasteiger partial charge in [0.2, 0.25) is 5.75 Å². The Hall–Kier alpha value is -3.23. The molecule has 1 N–H and O–H groups in total. The lowest BCUT2D eigenvalue weighted by Gasteiger charge is -2.13. The van der Waals surface area contributed by atoms with Crippen LogP contribution in [0.1, 0.15) is 21.5 Å². The van der Waals surface area contributed by atoms with Gasteiger partial charge in [0.05, 0.1) is 33.1 Å². The summed E-state index contributed by atoms with van der Waals surface area (Å²) in [6, 6.07) is 7.69. The monoisotopic (exact) mass is 382 g/mol. The van der Waals surface area contributed by atoms with Crippen molar-refractivity contribution < 1.29 is 32.2 Å². The van der Waals surface area contributed by atoms with Crippen LogP contribution in [0.3, 0.4) is 0 Å². The molecule has 1 amide bonds. The number of hydrogen-bond acceptors (Lipinski definition) is 5. The highest BCUT2D eigenvalue weighted by Gasteiger charge is 2.32. The first-order chi connectivity index (χ1) is 12.8. The molecule has 0 spiro atoms. The molecule has 6 nitrogen and oxygen atoms in total. The highest BCUT2D eigenvalue weighted by Crippen LogP contribution is 2.38. The minimum Gasteiger partial charge on any atom is -0.493 e. The summed E-state index contributed by atoms with van der Waals surface area (Å²) in [5.41, 5.74) is 1.29. The molecule has 0 aliphatic rings. The summed E-state index contributed by atoms with van der Waals surface area (Å²) in [4.78, 5) is 12.3. The second-order valence-corrected chi connectivity index (χ2v) is 5.20. The second-order valence-electron chi connectivity index (χ2n) is 5.20. The van der Waals surface area contributed by atoms with Crippen LogP contribution >= 0.6 is 0 Å². The molecule has 27 heavy (non-hydrogen) atoms. The predicted octanol–water partition coefficient (Wildman–Crippen LogP) is 3.50. The second kappa shape index (κ2) is 8.43. The van der Waals surface area contributed by atoms with E-state index in [0.717, 1.165) is 12.3 Å². The number of hydrazone groups is 1. The number of amides is 1. The summed E-state index contributed by atoms with van der Waals surface area (Å²) in [5.74, 6) is 0.163. The number of alkyl halides is 3. The summed E-state index contributed by atoms with van der Waals surface area (Å²) >= 11 is 0. The smallest absolute Gasteiger partial charge is 0.417 e. The van der Waals surface area contributed by atoms with Gasteiger partial charge in [-0.05, 0) is 18.2 Å². The van der Waals surface area contributed by atoms with E-state index >= 15 is 0 Å². The quantitative estimate of drug-likeness (QED) is 0.613. The number of ether oxygens (including phenoxy) is 3. The molecule has 0 saturated heterocycles. The molecular formula is C18H17F3N2O4. The average Bonchev–Trinajstić information content (AvgIpc) is 2.66. The van der Waals surface area contributed by atoms with E-state index in [1.807, 2.05) is 0 Å². The Morgan fingerprint density at radius 2 is 1.63 bits per heavy atom. The lowest BCUT2D eigenvalue weighted by Crippen LogP contribution is -2.18. The number of rotatable bonds is 6. The van der Waals surface area contributed by atoms with Crippen molar-refractivity contribution in [3.05, 3.63) is 53.1 Å². The molecule has 0 aromatic heterocycles. The molecule has 0 heterocycles. The molecule has 2 aromatic rings. The van der Waals surface area contributed by atoms with Crippen molar-refractivity contribution in [2.75, 3.05) is 21.3 Å². The zero-order valence-corrected chi connectivity index (χ0v) is 14.8. The van der Waals surface area contributed by atoms with Crippen LogP contribution in [-0.4, -0.2) is 33.5 Å². The van der Waals surface area contributed by atoms with Crippen LogP contribution in [0.5, 0.6) is 17.2 Å². The number of nitrogens with zero attached hydrogens (tertiary/aromatic N) is 1. The zero-order valence-electron chi connectivity index (χ0n) is 14.8. The maximum absolute atomic E-state index is 12.9. The standard InChI is InChI=1S/C18H17F3N2O4/c1-25-14-8-12(9-15(26-2)16(14)27-3)17(24)23-22-10-11-6-4-5-7-13(11)18(19,20)21/h4-10H,1-3H3,(H,23,24)/b22-10-. The summed E-state index contributed by atoms with van der Waals surface area (Å²) in [6.07, 6.45) is -3.60. The summed E-state index contributed by atoms with van der Waals surface area (Å²) < 4.78 is 54.3. The van der Waals surface area contributed by atoms with Crippen LogP contribution in [0.25, 0.3) is 0 Å². The highest BCUT2D eigenvalue weighted by atomic mass is 19.4. The van der Waals surface area contributed by atoms with Crippen LogP contribution in [0, 0.1) is 0 Å². The number of carbonyl (C=O) groups is 1. The van der Waals surface area contributed by atoms with Gasteiger partial charge in [-0.3, -0.25) is 4.79 Å². The first-order valence-electron chi connectivity index (χ1n) is 7.61. The molecule has 0 aliphatic heterocycles. The topological polar surface area (TPSA) is 69.2 Å². The fourth-order valence-electron chi connectivity index (χ4n) is 2.30. The number of halogens is 3. The van der Waals surface area contributed by atoms with Crippen molar-refractivity contribution in [1.82, 2.24) is 5.43 Å². The Labute approximate surface area is 153 Å². The van der Waals surface area contributed by atoms with E-state index < -0.39 is 17.6 Å². The largest absolute Gasteiger partial charge is 0.493 e. The van der Waals surface area contributed by atoms with Crippen molar-refractivity contribution in [2.45, 2.75) is 6.18 Å². The highest BCUT2D eigenvalue weighted by molar-refractivity contribution is 5.96. The molecule has 0 unspecified atom stereocenters. The van der Waals surface area contributed by atoms with Gasteiger partial charge < -0.3 is 14.2 Å². The molecule has 0 saturated carbocycles. The Balaban J connectivity index is 2.23. The van der Waals surface area contributed by atoms with E-state index in [0.29, 0.717) is 5.75 Å². The lowest BCUT2D eigenvalue weighted by molar-refractivity contribution is -0.137. The molecule has 9 heteroatoms. The van der Waals surface area contributed by atoms with Gasteiger partial charge in [0, 0.05) is 11.1 Å². The van der Waals surface area contributed by atoms with E-state index in [1.165, 1.54) is 51.7 Å². The molecule has 2 aromatic carbocycles. The molecule has 144 valence electrons. The van der Waals surface area contributed by atoms with Gasteiger partial charge in [0.1, 0.15) is 0 Å². The van der Waals surface area contributed by atoms with Crippen LogP contribution in [0.2, 0.25) is 0 Å². The summed E-state index contributed by atoms with van der Waals surface area (Å²) in [6.45, 7) is 0. The van der Waals surface area contributed by atoms with Gasteiger partial charge in [-0.25, -0.2) is 5.43 Å². The average molecular weight is 382 g/mol. The van der Waals surface area contributed by atoms with Gasteiger partial charge in [-0.2, -0.15) is 18.3 Å². The molecule has 0 fully saturated rings. The van der Waals surface area contributed by atoms with Gasteiger partial charge in [-0.15, -0.1) is 0 Å². The van der Waals surface area contributed by atoms with Crippen molar-refractivity contribution >= 4 is 12.1 Å². The minimum absolute atomic E-state index is 0.130. The Kier molecular flexibility index (Phi) is 6.27. The van der Waals surface area contributed by atoms with Gasteiger partial charge in [0.15, 0.2) is 11.5 Å². The van der Waals surface area contributed by atoms with Gasteiger partial charge in [0.25, 0.3) is 5.91 Å². The zero-order chi connectivity index (χ0) is 20.0. The Bertz CT molecular complexity index is 826. The minimum atomic E-state index is -4.52. The third-order valence-electron chi connectivity index (χ3n) is 3.56. The Morgan fingerprint density at radius 3 is 2.15 bits per heavy atom. The summed E-state index contributed by atoms with van der Waals surface area (Å²) in [5, 5.41) is 3.61. The third kappa shape index (κ3) is 4.69. The molecule has 0 radical (unpaired) electrons. The van der Waals surface area contributed by atoms with Gasteiger partial charge in [-0.1, -0.05) is 18.2 Å². The van der Waals surface area contributed by atoms with Crippen molar-refractivity contribution in [3.63, 3.8) is 0 Å². The normalized spacial score (nSPS) is 11.3. The summed E-state index contributed by atoms with van der Waals surface area (Å²) in [7, 11) is 4.21. The number of methoxy groups -OCH3 is 3. The fraction of sp³-hybridized carbons (Fsp3) is 0.222. The molecule has 2 rings (SSSR count). The Morgan fingerprint density at radius 1 is 1.04 bits per heavy atom. The van der Waals surface area contributed by atoms with E-state index in [1.54, 1.807) is 0 Å². The van der Waals surface area contributed by atoms with Crippen LogP contribution in [0.4, 0.5) is 13.2 Å². The van der Waals surface area contributed by atoms with E-state index in [4.69, 9.17) is 14.2 Å². The van der Waals surface area contributed by atoms with Gasteiger partial charge >= 0.3 is 6.18 Å². The van der Waals surface area contributed by atoms with Crippen molar-refractivity contribution in [1.29, 1.82) is 0 Å². The van der Waals surface area contributed by atoms with Crippen LogP contribution in [-0.2, 0) is 6.18 Å². The van der Waals surface area contributed by atoms with Crippen LogP contribution in [0.15, 0.2) is 41.5 Å². The SMILES string of the molecule is COc1cc(C(=O)N/N=C\c2ccccc2C(F)(F)F)cc(OC)c1OC. The number of benzene rings is 2. The maximum atomic E-state index is 12.9. The first-order valence-corrected chi connectivity index (χ1v) is 7.61. The molecule has 0 bridgehead atoms.